The van der Waals surface area contributed by atoms with Gasteiger partial charge in [0.05, 0.1) is 0 Å². The fourth-order valence-electron chi connectivity index (χ4n) is 1.81. The van der Waals surface area contributed by atoms with E-state index in [0.717, 1.165) is 36.0 Å². The lowest BCUT2D eigenvalue weighted by molar-refractivity contribution is 0.217. The number of amides is 2. The van der Waals surface area contributed by atoms with Crippen LogP contribution in [0, 0.1) is 0 Å². The Labute approximate surface area is 112 Å². The van der Waals surface area contributed by atoms with Crippen molar-refractivity contribution >= 4 is 29.2 Å². The van der Waals surface area contributed by atoms with Crippen molar-refractivity contribution in [3.05, 3.63) is 24.3 Å². The van der Waals surface area contributed by atoms with E-state index in [1.54, 1.807) is 0 Å². The van der Waals surface area contributed by atoms with Gasteiger partial charge in [-0.15, -0.1) is 0 Å². The molecule has 0 spiro atoms. The number of carbonyl (C=O) groups is 1. The maximum absolute atomic E-state index is 12.0. The van der Waals surface area contributed by atoms with Crippen LogP contribution in [0.4, 0.5) is 16.2 Å². The molecule has 0 saturated carbocycles. The van der Waals surface area contributed by atoms with E-state index in [2.05, 4.69) is 5.32 Å². The highest BCUT2D eigenvalue weighted by Gasteiger charge is 2.16. The molecule has 0 unspecified atom stereocenters. The van der Waals surface area contributed by atoms with E-state index < -0.39 is 0 Å². The highest BCUT2D eigenvalue weighted by atomic mass is 32.2. The van der Waals surface area contributed by atoms with Crippen LogP contribution in [-0.2, 0) is 0 Å². The van der Waals surface area contributed by atoms with Crippen LogP contribution in [0.1, 0.15) is 0 Å². The third kappa shape index (κ3) is 3.32. The molecule has 1 aliphatic rings. The lowest BCUT2D eigenvalue weighted by Crippen LogP contribution is -2.40. The first kappa shape index (κ1) is 13.1. The van der Waals surface area contributed by atoms with Crippen LogP contribution in [0.3, 0.4) is 0 Å². The van der Waals surface area contributed by atoms with E-state index in [4.69, 9.17) is 0 Å². The Hall–Kier alpha value is -1.36. The molecular weight excluding hydrogens is 246 g/mol. The van der Waals surface area contributed by atoms with Gasteiger partial charge < -0.3 is 15.1 Å². The van der Waals surface area contributed by atoms with Gasteiger partial charge >= 0.3 is 6.03 Å². The maximum atomic E-state index is 12.0. The highest BCUT2D eigenvalue weighted by molar-refractivity contribution is 7.99. The van der Waals surface area contributed by atoms with Gasteiger partial charge in [0.15, 0.2) is 0 Å². The summed E-state index contributed by atoms with van der Waals surface area (Å²) in [5, 5.41) is 2.94. The number of rotatable bonds is 2. The van der Waals surface area contributed by atoms with Crippen molar-refractivity contribution in [2.45, 2.75) is 0 Å². The van der Waals surface area contributed by atoms with Crippen molar-refractivity contribution in [1.82, 2.24) is 4.90 Å². The van der Waals surface area contributed by atoms with Gasteiger partial charge in [-0.05, 0) is 24.3 Å². The first-order valence-electron chi connectivity index (χ1n) is 6.08. The number of benzene rings is 1. The zero-order valence-electron chi connectivity index (χ0n) is 10.8. The Morgan fingerprint density at radius 3 is 2.39 bits per heavy atom. The number of urea groups is 1. The topological polar surface area (TPSA) is 35.6 Å². The summed E-state index contributed by atoms with van der Waals surface area (Å²) in [5.74, 6) is 2.07. The summed E-state index contributed by atoms with van der Waals surface area (Å²) in [6.07, 6.45) is 0. The highest BCUT2D eigenvalue weighted by Crippen LogP contribution is 2.17. The van der Waals surface area contributed by atoms with Crippen molar-refractivity contribution in [3.63, 3.8) is 0 Å². The van der Waals surface area contributed by atoms with Crippen LogP contribution in [0.25, 0.3) is 0 Å². The monoisotopic (exact) mass is 265 g/mol. The van der Waals surface area contributed by atoms with Crippen molar-refractivity contribution in [3.8, 4) is 0 Å². The van der Waals surface area contributed by atoms with Gasteiger partial charge in [-0.25, -0.2) is 4.79 Å². The van der Waals surface area contributed by atoms with Crippen molar-refractivity contribution in [1.29, 1.82) is 0 Å². The summed E-state index contributed by atoms with van der Waals surface area (Å²) in [5.41, 5.74) is 1.98. The fraction of sp³-hybridized carbons (Fsp3) is 0.462. The van der Waals surface area contributed by atoms with Crippen LogP contribution < -0.4 is 10.2 Å². The molecule has 1 N–H and O–H groups in total. The molecule has 0 radical (unpaired) electrons. The second-order valence-electron chi connectivity index (χ2n) is 4.47. The lowest BCUT2D eigenvalue weighted by atomic mass is 10.2. The molecule has 0 aromatic heterocycles. The van der Waals surface area contributed by atoms with Gasteiger partial charge in [0.2, 0.25) is 0 Å². The molecule has 0 bridgehead atoms. The second kappa shape index (κ2) is 6.00. The van der Waals surface area contributed by atoms with E-state index in [1.807, 2.05) is 59.9 Å². The molecule has 98 valence electrons. The van der Waals surface area contributed by atoms with E-state index in [1.165, 1.54) is 0 Å². The van der Waals surface area contributed by atoms with Gasteiger partial charge in [-0.2, -0.15) is 11.8 Å². The summed E-state index contributed by atoms with van der Waals surface area (Å²) >= 11 is 1.90. The van der Waals surface area contributed by atoms with Gasteiger partial charge in [-0.1, -0.05) is 0 Å². The third-order valence-electron chi connectivity index (χ3n) is 2.93. The quantitative estimate of drug-likeness (QED) is 0.891. The van der Waals surface area contributed by atoms with E-state index in [-0.39, 0.29) is 6.03 Å². The maximum Gasteiger partial charge on any atom is 0.321 e. The molecule has 2 rings (SSSR count). The number of nitrogens with one attached hydrogen (secondary N) is 1. The van der Waals surface area contributed by atoms with Crippen molar-refractivity contribution in [2.24, 2.45) is 0 Å². The molecule has 0 atom stereocenters. The Balaban J connectivity index is 1.94. The first-order valence-corrected chi connectivity index (χ1v) is 7.23. The average molecular weight is 265 g/mol. The molecule has 1 aromatic rings. The molecule has 1 aliphatic heterocycles. The van der Waals surface area contributed by atoms with Gasteiger partial charge in [0, 0.05) is 50.1 Å². The Bertz CT molecular complexity index is 399. The van der Waals surface area contributed by atoms with Gasteiger partial charge in [-0.3, -0.25) is 0 Å². The molecule has 1 fully saturated rings. The van der Waals surface area contributed by atoms with Gasteiger partial charge in [0.25, 0.3) is 0 Å². The second-order valence-corrected chi connectivity index (χ2v) is 5.70. The summed E-state index contributed by atoms with van der Waals surface area (Å²) < 4.78 is 0. The minimum atomic E-state index is 0.00732. The van der Waals surface area contributed by atoms with E-state index in [9.17, 15) is 4.79 Å². The SMILES string of the molecule is CN(C)c1ccc(NC(=O)N2CCSCC2)cc1. The van der Waals surface area contributed by atoms with Crippen molar-refractivity contribution < 1.29 is 4.79 Å². The molecule has 1 saturated heterocycles. The minimum Gasteiger partial charge on any atom is -0.378 e. The van der Waals surface area contributed by atoms with Crippen LogP contribution >= 0.6 is 11.8 Å². The molecular formula is C13H19N3OS. The van der Waals surface area contributed by atoms with Gasteiger partial charge in [0.1, 0.15) is 0 Å². The fourth-order valence-corrected chi connectivity index (χ4v) is 2.71. The summed E-state index contributed by atoms with van der Waals surface area (Å²) in [6, 6.07) is 7.88. The molecule has 4 nitrogen and oxygen atoms in total. The van der Waals surface area contributed by atoms with Crippen LogP contribution in [0.15, 0.2) is 24.3 Å². The van der Waals surface area contributed by atoms with E-state index in [0.29, 0.717) is 0 Å². The number of nitrogens with zero attached hydrogens (tertiary/aromatic N) is 2. The average Bonchev–Trinajstić information content (AvgIpc) is 2.40. The van der Waals surface area contributed by atoms with Crippen LogP contribution in [0.5, 0.6) is 0 Å². The Morgan fingerprint density at radius 1 is 1.22 bits per heavy atom. The summed E-state index contributed by atoms with van der Waals surface area (Å²) in [7, 11) is 4.00. The number of hydrogen-bond acceptors (Lipinski definition) is 3. The zero-order chi connectivity index (χ0) is 13.0. The minimum absolute atomic E-state index is 0.00732. The largest absolute Gasteiger partial charge is 0.378 e. The molecule has 0 aliphatic carbocycles. The zero-order valence-corrected chi connectivity index (χ0v) is 11.7. The molecule has 1 heterocycles. The number of hydrogen-bond donors (Lipinski definition) is 1. The van der Waals surface area contributed by atoms with Crippen LogP contribution in [0.2, 0.25) is 0 Å². The summed E-state index contributed by atoms with van der Waals surface area (Å²) in [6.45, 7) is 1.68. The Morgan fingerprint density at radius 2 is 1.83 bits per heavy atom. The third-order valence-corrected chi connectivity index (χ3v) is 3.88. The smallest absolute Gasteiger partial charge is 0.321 e. The van der Waals surface area contributed by atoms with Crippen LogP contribution in [-0.4, -0.2) is 49.6 Å². The Kier molecular flexibility index (Phi) is 4.36. The summed E-state index contributed by atoms with van der Waals surface area (Å²) in [4.78, 5) is 15.9. The lowest BCUT2D eigenvalue weighted by Gasteiger charge is -2.26. The number of thioether (sulfide) groups is 1. The number of carbonyl (C=O) groups excluding carboxylic acids is 1. The first-order chi connectivity index (χ1) is 8.66. The van der Waals surface area contributed by atoms with E-state index >= 15 is 0 Å². The van der Waals surface area contributed by atoms with Crippen molar-refractivity contribution in [2.75, 3.05) is 48.9 Å². The molecule has 5 heteroatoms. The molecule has 2 amide bonds. The number of anilines is 2. The molecule has 1 aromatic carbocycles. The normalized spacial score (nSPS) is 15.3. The molecule has 18 heavy (non-hydrogen) atoms. The predicted molar refractivity (Wildman–Crippen MR) is 78.7 cm³/mol. The predicted octanol–water partition coefficient (Wildman–Crippen LogP) is 2.33. The standard InChI is InChI=1S/C13H19N3OS/c1-15(2)12-5-3-11(4-6-12)14-13(17)16-7-9-18-10-8-16/h3-6H,7-10H2,1-2H3,(H,14,17).